The number of alkyl carbamates (subject to hydrolysis) is 1. The van der Waals surface area contributed by atoms with Crippen LogP contribution < -0.4 is 15.8 Å². The minimum absolute atomic E-state index is 0.243. The molecule has 194 valence electrons. The molecule has 2 aromatic rings. The summed E-state index contributed by atoms with van der Waals surface area (Å²) in [6.07, 6.45) is 0.503. The number of rotatable bonds is 6. The highest BCUT2D eigenvalue weighted by Crippen LogP contribution is 2.46. The van der Waals surface area contributed by atoms with Crippen molar-refractivity contribution in [2.75, 3.05) is 18.7 Å². The van der Waals surface area contributed by atoms with Crippen LogP contribution in [-0.4, -0.2) is 43.3 Å². The summed E-state index contributed by atoms with van der Waals surface area (Å²) in [5.41, 5.74) is 5.44. The van der Waals surface area contributed by atoms with E-state index < -0.39 is 23.7 Å². The van der Waals surface area contributed by atoms with Gasteiger partial charge in [-0.05, 0) is 56.9 Å². The molecule has 8 nitrogen and oxygen atoms in total. The van der Waals surface area contributed by atoms with Gasteiger partial charge in [0.05, 0.1) is 12.8 Å². The van der Waals surface area contributed by atoms with Crippen LogP contribution in [0.1, 0.15) is 56.7 Å². The molecular weight excluding hydrogens is 505 g/mol. The molecule has 0 aromatic heterocycles. The van der Waals surface area contributed by atoms with Gasteiger partial charge >= 0.3 is 12.1 Å². The van der Waals surface area contributed by atoms with E-state index in [-0.39, 0.29) is 11.8 Å². The Morgan fingerprint density at radius 2 is 1.78 bits per heavy atom. The van der Waals surface area contributed by atoms with Crippen LogP contribution in [0, 0.1) is 0 Å². The number of hydrogen-bond acceptors (Lipinski definition) is 6. The molecular formula is C26H31Cl2N3O5. The number of ether oxygens (including phenoxy) is 2. The lowest BCUT2D eigenvalue weighted by Gasteiger charge is -2.41. The zero-order chi connectivity index (χ0) is 26.6. The summed E-state index contributed by atoms with van der Waals surface area (Å²) in [6.45, 7) is 7.24. The lowest BCUT2D eigenvalue weighted by molar-refractivity contribution is -0.142. The number of hydrogen-bond donors (Lipinski definition) is 2. The van der Waals surface area contributed by atoms with Gasteiger partial charge in [-0.25, -0.2) is 9.59 Å². The molecule has 1 aliphatic heterocycles. The number of hydrazine groups is 1. The Morgan fingerprint density at radius 1 is 1.11 bits per heavy atom. The van der Waals surface area contributed by atoms with E-state index in [1.165, 1.54) is 19.0 Å². The molecule has 0 spiro atoms. The summed E-state index contributed by atoms with van der Waals surface area (Å²) in [4.78, 5) is 36.5. The summed E-state index contributed by atoms with van der Waals surface area (Å²) < 4.78 is 10.3. The van der Waals surface area contributed by atoms with Crippen LogP contribution in [0.3, 0.4) is 0 Å². The van der Waals surface area contributed by atoms with Gasteiger partial charge in [0.2, 0.25) is 5.91 Å². The zero-order valence-electron chi connectivity index (χ0n) is 21.0. The smallest absolute Gasteiger partial charge is 0.407 e. The summed E-state index contributed by atoms with van der Waals surface area (Å²) in [6, 6.07) is 10.5. The summed E-state index contributed by atoms with van der Waals surface area (Å²) in [5.74, 6) is -1.07. The van der Waals surface area contributed by atoms with Crippen molar-refractivity contribution in [1.29, 1.82) is 0 Å². The maximum Gasteiger partial charge on any atom is 0.407 e. The van der Waals surface area contributed by atoms with Crippen molar-refractivity contribution in [3.05, 3.63) is 63.1 Å². The zero-order valence-corrected chi connectivity index (χ0v) is 22.5. The van der Waals surface area contributed by atoms with Crippen LogP contribution in [0.15, 0.2) is 36.4 Å². The van der Waals surface area contributed by atoms with Crippen molar-refractivity contribution in [3.8, 4) is 0 Å². The molecule has 0 fully saturated rings. The number of carbonyl (C=O) groups excluding carboxylic acids is 3. The average Bonchev–Trinajstić information content (AvgIpc) is 2.77. The SMILES string of the molecule is COC(=O)[C@H]1C[C@H](c2ccc(CCNC(=O)OC(C)(C)C)cc2)c2c(Cl)cc(Cl)cc2N1NC(C)=O. The number of fused-ring (bicyclic) bond motifs is 1. The van der Waals surface area contributed by atoms with E-state index in [9.17, 15) is 14.4 Å². The van der Waals surface area contributed by atoms with Crippen LogP contribution in [0.2, 0.25) is 10.0 Å². The summed E-state index contributed by atoms with van der Waals surface area (Å²) in [7, 11) is 1.31. The maximum absolute atomic E-state index is 12.7. The molecule has 0 radical (unpaired) electrons. The Kier molecular flexibility index (Phi) is 8.74. The highest BCUT2D eigenvalue weighted by Gasteiger charge is 2.40. The van der Waals surface area contributed by atoms with Crippen LogP contribution in [0.25, 0.3) is 0 Å². The van der Waals surface area contributed by atoms with E-state index in [1.807, 2.05) is 45.0 Å². The fraction of sp³-hybridized carbons (Fsp3) is 0.423. The fourth-order valence-electron chi connectivity index (χ4n) is 4.22. The monoisotopic (exact) mass is 535 g/mol. The van der Waals surface area contributed by atoms with Crippen molar-refractivity contribution in [2.45, 2.75) is 58.1 Å². The molecule has 3 rings (SSSR count). The van der Waals surface area contributed by atoms with Crippen molar-refractivity contribution >= 4 is 46.9 Å². The molecule has 0 saturated carbocycles. The number of anilines is 1. The highest BCUT2D eigenvalue weighted by atomic mass is 35.5. The number of amides is 2. The number of nitrogens with zero attached hydrogens (tertiary/aromatic N) is 1. The third-order valence-electron chi connectivity index (χ3n) is 5.67. The van der Waals surface area contributed by atoms with Gasteiger partial charge in [0.25, 0.3) is 0 Å². The summed E-state index contributed by atoms with van der Waals surface area (Å²) >= 11 is 12.9. The molecule has 2 aromatic carbocycles. The van der Waals surface area contributed by atoms with E-state index in [0.717, 1.165) is 16.7 Å². The lowest BCUT2D eigenvalue weighted by atomic mass is 9.81. The molecule has 0 bridgehead atoms. The van der Waals surface area contributed by atoms with E-state index in [4.69, 9.17) is 32.7 Å². The van der Waals surface area contributed by atoms with Crippen molar-refractivity contribution in [3.63, 3.8) is 0 Å². The van der Waals surface area contributed by atoms with Crippen LogP contribution in [-0.2, 0) is 25.5 Å². The molecule has 2 atom stereocenters. The highest BCUT2D eigenvalue weighted by molar-refractivity contribution is 6.35. The van der Waals surface area contributed by atoms with E-state index in [1.54, 1.807) is 12.1 Å². The van der Waals surface area contributed by atoms with E-state index in [2.05, 4.69) is 10.7 Å². The standard InChI is InChI=1S/C26H31Cl2N3O5/c1-15(32)30-31-21-13-18(27)12-20(28)23(21)19(14-22(31)24(33)35-5)17-8-6-16(7-9-17)10-11-29-25(34)36-26(2,3)4/h6-9,12-13,19,22H,10-11,14H2,1-5H3,(H,29,34)(H,30,32)/t19-,22-/m1/s1. The Hall–Kier alpha value is -2.97. The average molecular weight is 536 g/mol. The first-order valence-electron chi connectivity index (χ1n) is 11.6. The van der Waals surface area contributed by atoms with Crippen molar-refractivity contribution in [1.82, 2.24) is 10.7 Å². The molecule has 0 unspecified atom stereocenters. The second kappa shape index (κ2) is 11.4. The third-order valence-corrected chi connectivity index (χ3v) is 6.20. The van der Waals surface area contributed by atoms with Crippen molar-refractivity contribution < 1.29 is 23.9 Å². The number of benzene rings is 2. The summed E-state index contributed by atoms with van der Waals surface area (Å²) in [5, 5.41) is 5.05. The molecule has 36 heavy (non-hydrogen) atoms. The molecule has 0 saturated heterocycles. The van der Waals surface area contributed by atoms with Gasteiger partial charge in [-0.15, -0.1) is 0 Å². The largest absolute Gasteiger partial charge is 0.467 e. The van der Waals surface area contributed by atoms with Crippen molar-refractivity contribution in [2.24, 2.45) is 0 Å². The number of nitrogens with one attached hydrogen (secondary N) is 2. The number of methoxy groups -OCH3 is 1. The van der Waals surface area contributed by atoms with Crippen LogP contribution >= 0.6 is 23.2 Å². The second-order valence-electron chi connectivity index (χ2n) is 9.61. The van der Waals surface area contributed by atoms with Crippen LogP contribution in [0.4, 0.5) is 10.5 Å². The maximum atomic E-state index is 12.7. The predicted molar refractivity (Wildman–Crippen MR) is 139 cm³/mol. The van der Waals surface area contributed by atoms with Crippen LogP contribution in [0.5, 0.6) is 0 Å². The molecule has 0 aliphatic carbocycles. The molecule has 10 heteroatoms. The number of halogens is 2. The van der Waals surface area contributed by atoms with Gasteiger partial charge in [-0.2, -0.15) is 0 Å². The fourth-order valence-corrected chi connectivity index (χ4v) is 4.83. The first kappa shape index (κ1) is 27.6. The Bertz CT molecular complexity index is 1130. The minimum atomic E-state index is -0.774. The minimum Gasteiger partial charge on any atom is -0.467 e. The topological polar surface area (TPSA) is 97.0 Å². The van der Waals surface area contributed by atoms with Gasteiger partial charge in [-0.3, -0.25) is 15.2 Å². The first-order valence-corrected chi connectivity index (χ1v) is 12.3. The Morgan fingerprint density at radius 3 is 2.36 bits per heavy atom. The van der Waals surface area contributed by atoms with Gasteiger partial charge in [0.15, 0.2) is 0 Å². The molecule has 2 amide bonds. The van der Waals surface area contributed by atoms with Gasteiger partial charge < -0.3 is 14.8 Å². The van der Waals surface area contributed by atoms with Gasteiger partial charge in [-0.1, -0.05) is 47.5 Å². The van der Waals surface area contributed by atoms with Gasteiger partial charge in [0.1, 0.15) is 11.6 Å². The third kappa shape index (κ3) is 6.83. The molecule has 1 heterocycles. The Balaban J connectivity index is 1.86. The number of carbonyl (C=O) groups is 3. The van der Waals surface area contributed by atoms with E-state index in [0.29, 0.717) is 35.1 Å². The Labute approximate surface area is 221 Å². The lowest BCUT2D eigenvalue weighted by Crippen LogP contribution is -2.55. The second-order valence-corrected chi connectivity index (χ2v) is 10.4. The normalized spacial score (nSPS) is 17.1. The molecule has 1 aliphatic rings. The van der Waals surface area contributed by atoms with Gasteiger partial charge in [0, 0.05) is 35.0 Å². The predicted octanol–water partition coefficient (Wildman–Crippen LogP) is 5.00. The first-order chi connectivity index (χ1) is 16.9. The quantitative estimate of drug-likeness (QED) is 0.505. The molecule has 2 N–H and O–H groups in total. The number of esters is 1. The van der Waals surface area contributed by atoms with E-state index >= 15 is 0 Å².